The number of rotatable bonds is 9. The molecule has 1 atom stereocenters. The van der Waals surface area contributed by atoms with E-state index in [4.69, 9.17) is 10.5 Å². The van der Waals surface area contributed by atoms with Crippen molar-refractivity contribution in [1.82, 2.24) is 10.6 Å². The van der Waals surface area contributed by atoms with E-state index in [1.807, 2.05) is 37.3 Å². The van der Waals surface area contributed by atoms with Crippen LogP contribution in [0.1, 0.15) is 58.0 Å². The highest BCUT2D eigenvalue weighted by atomic mass is 32.2. The maximum Gasteiger partial charge on any atom is 0.251 e. The number of nitrogens with zero attached hydrogens (tertiary/aromatic N) is 1. The maximum atomic E-state index is 12.4. The molecule has 228 valence electrons. The van der Waals surface area contributed by atoms with Crippen LogP contribution in [0.4, 0.5) is 5.69 Å². The summed E-state index contributed by atoms with van der Waals surface area (Å²) in [7, 11) is -0.502. The number of primary amides is 1. The molecule has 0 bridgehead atoms. The molecule has 0 saturated carbocycles. The van der Waals surface area contributed by atoms with Crippen LogP contribution in [0.5, 0.6) is 5.75 Å². The van der Waals surface area contributed by atoms with Gasteiger partial charge in [0, 0.05) is 30.8 Å². The first-order valence-corrected chi connectivity index (χ1v) is 15.8. The number of carbonyl (C=O) groups excluding carboxylic acids is 2. The number of carbonyl (C=O) groups is 2. The molecule has 0 radical (unpaired) electrons. The van der Waals surface area contributed by atoms with Gasteiger partial charge in [-0.2, -0.15) is 0 Å². The number of anilines is 1. The summed E-state index contributed by atoms with van der Waals surface area (Å²) in [5.41, 5.74) is 8.42. The standard InChI is InChI=1S/C16H24N4O4S.C8H10O.C8H10/c1-20(25(2,23)24)14-9-11(15(17)21)8-12(10-14)16(22)19-7-5-13-4-3-6-18-13;1-7-4-3-5-8(6-7)9-2;1-2-8-6-4-3-5-7-8/h8-10,13,18H,3-7H2,1-2H3,(H2,17,21)(H,19,22);3-6H,1-2H3;3-7H,2H2,1H3. The van der Waals surface area contributed by atoms with Crippen LogP contribution in [0.3, 0.4) is 0 Å². The SMILES string of the molecule is CCc1ccccc1.CN(c1cc(C(N)=O)cc(C(=O)NCCC2CCCN2)c1)S(C)(=O)=O.COc1cccc(C)c1. The van der Waals surface area contributed by atoms with Crippen molar-refractivity contribution < 1.29 is 22.7 Å². The fourth-order valence-corrected chi connectivity index (χ4v) is 4.67. The fraction of sp³-hybridized carbons (Fsp3) is 0.375. The molecule has 10 heteroatoms. The van der Waals surface area contributed by atoms with Crippen molar-refractivity contribution in [3.05, 3.63) is 95.1 Å². The Balaban J connectivity index is 0.000000292. The molecule has 1 saturated heterocycles. The van der Waals surface area contributed by atoms with Gasteiger partial charge in [0.2, 0.25) is 15.9 Å². The number of sulfonamides is 1. The number of benzene rings is 3. The molecule has 3 aromatic carbocycles. The molecular weight excluding hydrogens is 552 g/mol. The van der Waals surface area contributed by atoms with Crippen molar-refractivity contribution in [2.24, 2.45) is 5.73 Å². The molecule has 42 heavy (non-hydrogen) atoms. The Morgan fingerprint density at radius 3 is 2.24 bits per heavy atom. The summed E-state index contributed by atoms with van der Waals surface area (Å²) < 4.78 is 29.4. The normalized spacial score (nSPS) is 14.0. The lowest BCUT2D eigenvalue weighted by Crippen LogP contribution is -2.31. The zero-order chi connectivity index (χ0) is 31.1. The summed E-state index contributed by atoms with van der Waals surface area (Å²) in [6.07, 6.45) is 5.23. The van der Waals surface area contributed by atoms with E-state index >= 15 is 0 Å². The van der Waals surface area contributed by atoms with E-state index in [-0.39, 0.29) is 22.7 Å². The van der Waals surface area contributed by atoms with E-state index in [1.165, 1.54) is 36.4 Å². The molecule has 0 aromatic heterocycles. The molecule has 0 aliphatic carbocycles. The Bertz CT molecular complexity index is 1390. The minimum absolute atomic E-state index is 0.0793. The second-order valence-electron chi connectivity index (χ2n) is 10.1. The predicted molar refractivity (Wildman–Crippen MR) is 170 cm³/mol. The van der Waals surface area contributed by atoms with Gasteiger partial charge in [-0.15, -0.1) is 0 Å². The quantitative estimate of drug-likeness (QED) is 0.338. The number of nitrogens with one attached hydrogen (secondary N) is 2. The minimum Gasteiger partial charge on any atom is -0.497 e. The third-order valence-electron chi connectivity index (χ3n) is 6.74. The summed E-state index contributed by atoms with van der Waals surface area (Å²) in [5.74, 6) is -0.174. The molecule has 0 spiro atoms. The molecule has 3 aromatic rings. The molecule has 4 N–H and O–H groups in total. The molecule has 1 aliphatic rings. The lowest BCUT2D eigenvalue weighted by molar-refractivity contribution is 0.0952. The highest BCUT2D eigenvalue weighted by Crippen LogP contribution is 2.20. The monoisotopic (exact) mass is 596 g/mol. The van der Waals surface area contributed by atoms with Gasteiger partial charge in [-0.1, -0.05) is 49.4 Å². The Morgan fingerprint density at radius 2 is 1.74 bits per heavy atom. The third kappa shape index (κ3) is 11.9. The van der Waals surface area contributed by atoms with Gasteiger partial charge in [0.15, 0.2) is 0 Å². The summed E-state index contributed by atoms with van der Waals surface area (Å²) in [4.78, 5) is 23.9. The van der Waals surface area contributed by atoms with Crippen molar-refractivity contribution in [2.45, 2.75) is 45.6 Å². The van der Waals surface area contributed by atoms with E-state index < -0.39 is 15.9 Å². The first kappa shape index (κ1) is 34.3. The number of ether oxygens (including phenoxy) is 1. The van der Waals surface area contributed by atoms with Crippen LogP contribution in [0, 0.1) is 6.92 Å². The number of aryl methyl sites for hydroxylation is 2. The highest BCUT2D eigenvalue weighted by molar-refractivity contribution is 7.92. The Labute approximate surface area is 250 Å². The minimum atomic E-state index is -3.53. The van der Waals surface area contributed by atoms with Crippen LogP contribution in [0.2, 0.25) is 0 Å². The fourth-order valence-electron chi connectivity index (χ4n) is 4.18. The van der Waals surface area contributed by atoms with Crippen molar-refractivity contribution in [1.29, 1.82) is 0 Å². The van der Waals surface area contributed by atoms with Gasteiger partial charge in [0.25, 0.3) is 5.91 Å². The van der Waals surface area contributed by atoms with Crippen LogP contribution >= 0.6 is 0 Å². The maximum absolute atomic E-state index is 12.4. The van der Waals surface area contributed by atoms with Crippen LogP contribution < -0.4 is 25.4 Å². The molecule has 1 heterocycles. The van der Waals surface area contributed by atoms with Gasteiger partial charge in [0.1, 0.15) is 5.75 Å². The predicted octanol–water partition coefficient (Wildman–Crippen LogP) is 4.31. The van der Waals surface area contributed by atoms with Crippen LogP contribution in [0.15, 0.2) is 72.8 Å². The van der Waals surface area contributed by atoms with E-state index in [0.29, 0.717) is 12.6 Å². The Morgan fingerprint density at radius 1 is 1.05 bits per heavy atom. The molecule has 1 aliphatic heterocycles. The lowest BCUT2D eigenvalue weighted by Gasteiger charge is -2.18. The molecule has 1 unspecified atom stereocenters. The van der Waals surface area contributed by atoms with Crippen molar-refractivity contribution in [2.75, 3.05) is 37.8 Å². The van der Waals surface area contributed by atoms with Crippen molar-refractivity contribution in [3.63, 3.8) is 0 Å². The van der Waals surface area contributed by atoms with Gasteiger partial charge < -0.3 is 21.1 Å². The first-order valence-electron chi connectivity index (χ1n) is 14.0. The molecular formula is C32H44N4O5S. The lowest BCUT2D eigenvalue weighted by atomic mass is 10.1. The van der Waals surface area contributed by atoms with Crippen LogP contribution in [-0.4, -0.2) is 59.8 Å². The van der Waals surface area contributed by atoms with Gasteiger partial charge in [0.05, 0.1) is 19.1 Å². The molecule has 1 fully saturated rings. The summed E-state index contributed by atoms with van der Waals surface area (Å²) in [6, 6.07) is 23.0. The van der Waals surface area contributed by atoms with Crippen LogP contribution in [0.25, 0.3) is 0 Å². The number of methoxy groups -OCH3 is 1. The molecule has 2 amide bonds. The summed E-state index contributed by atoms with van der Waals surface area (Å²) in [6.45, 7) is 5.70. The average Bonchev–Trinajstić information content (AvgIpc) is 3.50. The van der Waals surface area contributed by atoms with Gasteiger partial charge >= 0.3 is 0 Å². The van der Waals surface area contributed by atoms with E-state index in [0.717, 1.165) is 48.5 Å². The number of amides is 2. The Hall–Kier alpha value is -3.89. The second kappa shape index (κ2) is 17.2. The van der Waals surface area contributed by atoms with Gasteiger partial charge in [-0.3, -0.25) is 13.9 Å². The number of nitrogens with two attached hydrogens (primary N) is 1. The second-order valence-corrected chi connectivity index (χ2v) is 12.1. The van der Waals surface area contributed by atoms with Crippen molar-refractivity contribution in [3.8, 4) is 5.75 Å². The highest BCUT2D eigenvalue weighted by Gasteiger charge is 2.18. The van der Waals surface area contributed by atoms with E-state index in [1.54, 1.807) is 7.11 Å². The van der Waals surface area contributed by atoms with Crippen molar-refractivity contribution >= 4 is 27.5 Å². The first-order chi connectivity index (χ1) is 19.9. The molecule has 4 rings (SSSR count). The van der Waals surface area contributed by atoms with Crippen LogP contribution in [-0.2, 0) is 16.4 Å². The zero-order valence-electron chi connectivity index (χ0n) is 25.2. The summed E-state index contributed by atoms with van der Waals surface area (Å²) >= 11 is 0. The smallest absolute Gasteiger partial charge is 0.251 e. The largest absolute Gasteiger partial charge is 0.497 e. The van der Waals surface area contributed by atoms with E-state index in [9.17, 15) is 18.0 Å². The van der Waals surface area contributed by atoms with E-state index in [2.05, 4.69) is 41.8 Å². The average molecular weight is 597 g/mol. The zero-order valence-corrected chi connectivity index (χ0v) is 26.0. The molecule has 9 nitrogen and oxygen atoms in total. The Kier molecular flexibility index (Phi) is 14.0. The number of hydrogen-bond acceptors (Lipinski definition) is 6. The van der Waals surface area contributed by atoms with Gasteiger partial charge in [-0.25, -0.2) is 8.42 Å². The number of hydrogen-bond donors (Lipinski definition) is 3. The topological polar surface area (TPSA) is 131 Å². The third-order valence-corrected chi connectivity index (χ3v) is 7.95. The van der Waals surface area contributed by atoms with Gasteiger partial charge in [-0.05, 0) is 80.6 Å². The summed E-state index contributed by atoms with van der Waals surface area (Å²) in [5, 5.41) is 6.15.